The van der Waals surface area contributed by atoms with Gasteiger partial charge >= 0.3 is 6.09 Å². The van der Waals surface area contributed by atoms with Gasteiger partial charge in [0.1, 0.15) is 11.0 Å². The van der Waals surface area contributed by atoms with Gasteiger partial charge in [-0.05, 0) is 33.6 Å². The van der Waals surface area contributed by atoms with E-state index in [1.165, 1.54) is 16.7 Å². The second kappa shape index (κ2) is 5.09. The van der Waals surface area contributed by atoms with Crippen LogP contribution in [0.2, 0.25) is 0 Å². The van der Waals surface area contributed by atoms with Crippen molar-refractivity contribution in [1.82, 2.24) is 4.90 Å². The number of thioether (sulfide) groups is 1. The Kier molecular flexibility index (Phi) is 3.87. The van der Waals surface area contributed by atoms with Gasteiger partial charge in [0.25, 0.3) is 0 Å². The molecule has 2 aliphatic heterocycles. The van der Waals surface area contributed by atoms with Crippen LogP contribution < -0.4 is 0 Å². The molecule has 18 heavy (non-hydrogen) atoms. The summed E-state index contributed by atoms with van der Waals surface area (Å²) in [7, 11) is 1.69. The number of hydrogen-bond acceptors (Lipinski definition) is 5. The van der Waals surface area contributed by atoms with Crippen LogP contribution in [0.3, 0.4) is 0 Å². The molecule has 102 valence electrons. The van der Waals surface area contributed by atoms with Crippen molar-refractivity contribution in [3.63, 3.8) is 0 Å². The molecule has 1 fully saturated rings. The summed E-state index contributed by atoms with van der Waals surface area (Å²) in [6.07, 6.45) is 1.70. The number of nitrogens with zero attached hydrogens (tertiary/aromatic N) is 2. The maximum absolute atomic E-state index is 11.9. The molecule has 1 amide bonds. The fraction of sp³-hybridized carbons (Fsp3) is 0.833. The number of rotatable bonds is 0. The Morgan fingerprint density at radius 2 is 2.28 bits per heavy atom. The first-order valence-corrected chi connectivity index (χ1v) is 7.07. The quantitative estimate of drug-likeness (QED) is 0.679. The summed E-state index contributed by atoms with van der Waals surface area (Å²) in [5.74, 6) is 0. The Morgan fingerprint density at radius 3 is 2.89 bits per heavy atom. The number of hydrogen-bond donors (Lipinski definition) is 0. The Balaban J connectivity index is 1.97. The van der Waals surface area contributed by atoms with Crippen LogP contribution >= 0.6 is 11.8 Å². The van der Waals surface area contributed by atoms with Gasteiger partial charge in [-0.1, -0.05) is 11.8 Å². The van der Waals surface area contributed by atoms with Crippen molar-refractivity contribution in [2.75, 3.05) is 13.7 Å². The van der Waals surface area contributed by atoms with E-state index in [1.54, 1.807) is 7.05 Å². The third kappa shape index (κ3) is 3.17. The lowest BCUT2D eigenvalue weighted by Gasteiger charge is -2.24. The highest BCUT2D eigenvalue weighted by Crippen LogP contribution is 2.34. The predicted molar refractivity (Wildman–Crippen MR) is 71.8 cm³/mol. The van der Waals surface area contributed by atoms with Crippen molar-refractivity contribution in [3.05, 3.63) is 0 Å². The van der Waals surface area contributed by atoms with Gasteiger partial charge in [0.15, 0.2) is 5.17 Å². The SMILES string of the molecule is CN(C(=O)OC(C)(C)C)C1=NC2CCCOC2S1. The van der Waals surface area contributed by atoms with E-state index >= 15 is 0 Å². The molecule has 6 heteroatoms. The normalized spacial score (nSPS) is 27.4. The van der Waals surface area contributed by atoms with Crippen molar-refractivity contribution in [2.45, 2.75) is 50.7 Å². The highest BCUT2D eigenvalue weighted by Gasteiger charge is 2.36. The first kappa shape index (κ1) is 13.7. The van der Waals surface area contributed by atoms with Crippen LogP contribution in [-0.4, -0.2) is 46.9 Å². The maximum atomic E-state index is 11.9. The van der Waals surface area contributed by atoms with Crippen LogP contribution in [0.5, 0.6) is 0 Å². The number of amidine groups is 1. The zero-order valence-corrected chi connectivity index (χ0v) is 12.1. The summed E-state index contributed by atoms with van der Waals surface area (Å²) in [6, 6.07) is 0.184. The predicted octanol–water partition coefficient (Wildman–Crippen LogP) is 2.46. The topological polar surface area (TPSA) is 51.1 Å². The molecule has 0 radical (unpaired) electrons. The minimum atomic E-state index is -0.488. The molecule has 0 aromatic heterocycles. The first-order valence-electron chi connectivity index (χ1n) is 6.19. The second-order valence-corrected chi connectivity index (χ2v) is 6.58. The van der Waals surface area contributed by atoms with E-state index in [0.29, 0.717) is 5.17 Å². The molecule has 2 aliphatic rings. The van der Waals surface area contributed by atoms with E-state index < -0.39 is 5.60 Å². The smallest absolute Gasteiger partial charge is 0.416 e. The third-order valence-electron chi connectivity index (χ3n) is 2.69. The van der Waals surface area contributed by atoms with Gasteiger partial charge < -0.3 is 9.47 Å². The van der Waals surface area contributed by atoms with Crippen LogP contribution in [0.4, 0.5) is 4.79 Å². The largest absolute Gasteiger partial charge is 0.443 e. The average molecular weight is 272 g/mol. The van der Waals surface area contributed by atoms with Gasteiger partial charge in [0, 0.05) is 13.7 Å². The molecule has 0 bridgehead atoms. The summed E-state index contributed by atoms with van der Waals surface area (Å²) in [6.45, 7) is 6.34. The van der Waals surface area contributed by atoms with E-state index in [1.807, 2.05) is 20.8 Å². The number of fused-ring (bicyclic) bond motifs is 1. The van der Waals surface area contributed by atoms with Gasteiger partial charge in [-0.3, -0.25) is 9.89 Å². The van der Waals surface area contributed by atoms with Gasteiger partial charge in [-0.2, -0.15) is 0 Å². The fourth-order valence-corrected chi connectivity index (χ4v) is 2.98. The minimum Gasteiger partial charge on any atom is -0.443 e. The van der Waals surface area contributed by atoms with Crippen LogP contribution in [0, 0.1) is 0 Å². The molecule has 0 saturated carbocycles. The maximum Gasteiger partial charge on any atom is 0.416 e. The third-order valence-corrected chi connectivity index (χ3v) is 3.97. The summed E-state index contributed by atoms with van der Waals surface area (Å²) in [5.41, 5.74) is -0.419. The molecule has 1 saturated heterocycles. The molecule has 0 aliphatic carbocycles. The van der Waals surface area contributed by atoms with Crippen molar-refractivity contribution in [1.29, 1.82) is 0 Å². The molecule has 2 unspecified atom stereocenters. The molecular weight excluding hydrogens is 252 g/mol. The number of ether oxygens (including phenoxy) is 2. The van der Waals surface area contributed by atoms with Crippen LogP contribution in [-0.2, 0) is 9.47 Å². The molecule has 2 atom stereocenters. The van der Waals surface area contributed by atoms with Crippen LogP contribution in [0.1, 0.15) is 33.6 Å². The van der Waals surface area contributed by atoms with E-state index in [9.17, 15) is 4.79 Å². The molecule has 2 heterocycles. The molecule has 2 rings (SSSR count). The molecule has 5 nitrogen and oxygen atoms in total. The summed E-state index contributed by atoms with van der Waals surface area (Å²) in [5, 5.41) is 0.696. The molecule has 0 N–H and O–H groups in total. The van der Waals surface area contributed by atoms with E-state index in [0.717, 1.165) is 19.4 Å². The molecule has 0 spiro atoms. The Morgan fingerprint density at radius 1 is 1.56 bits per heavy atom. The molecule has 0 aromatic rings. The Bertz CT molecular complexity index is 365. The summed E-state index contributed by atoms with van der Waals surface area (Å²) < 4.78 is 10.9. The van der Waals surface area contributed by atoms with Crippen molar-refractivity contribution in [3.8, 4) is 0 Å². The Labute approximate surface area is 112 Å². The van der Waals surface area contributed by atoms with Crippen molar-refractivity contribution in [2.24, 2.45) is 4.99 Å². The highest BCUT2D eigenvalue weighted by molar-refractivity contribution is 8.14. The minimum absolute atomic E-state index is 0.0682. The van der Waals surface area contributed by atoms with Crippen LogP contribution in [0.15, 0.2) is 4.99 Å². The van der Waals surface area contributed by atoms with E-state index in [4.69, 9.17) is 9.47 Å². The zero-order chi connectivity index (χ0) is 13.3. The van der Waals surface area contributed by atoms with Gasteiger partial charge in [-0.15, -0.1) is 0 Å². The number of carbonyl (C=O) groups is 1. The monoisotopic (exact) mass is 272 g/mol. The highest BCUT2D eigenvalue weighted by atomic mass is 32.2. The number of aliphatic imine (C=N–C) groups is 1. The van der Waals surface area contributed by atoms with E-state index in [2.05, 4.69) is 4.99 Å². The van der Waals surface area contributed by atoms with Crippen LogP contribution in [0.25, 0.3) is 0 Å². The summed E-state index contributed by atoms with van der Waals surface area (Å²) >= 11 is 1.51. The average Bonchev–Trinajstić information content (AvgIpc) is 2.68. The Hall–Kier alpha value is -0.750. The zero-order valence-electron chi connectivity index (χ0n) is 11.3. The number of amides is 1. The standard InChI is InChI=1S/C12H20N2O3S/c1-12(2,3)17-11(15)14(4)10-13-8-6-5-7-16-9(8)18-10/h8-9H,5-7H2,1-4H3. The lowest BCUT2D eigenvalue weighted by molar-refractivity contribution is 0.0405. The van der Waals surface area contributed by atoms with Gasteiger partial charge in [0.05, 0.1) is 6.04 Å². The van der Waals surface area contributed by atoms with Gasteiger partial charge in [-0.25, -0.2) is 4.79 Å². The molecule has 0 aromatic carbocycles. The second-order valence-electron chi connectivity index (χ2n) is 5.52. The van der Waals surface area contributed by atoms with Crippen molar-refractivity contribution >= 4 is 23.0 Å². The molecular formula is C12H20N2O3S. The lowest BCUT2D eigenvalue weighted by atomic mass is 10.1. The van der Waals surface area contributed by atoms with E-state index in [-0.39, 0.29) is 17.6 Å². The summed E-state index contributed by atoms with van der Waals surface area (Å²) in [4.78, 5) is 17.9. The van der Waals surface area contributed by atoms with Crippen molar-refractivity contribution < 1.29 is 14.3 Å². The fourth-order valence-electron chi connectivity index (χ4n) is 1.83. The number of carbonyl (C=O) groups excluding carboxylic acids is 1. The lowest BCUT2D eigenvalue weighted by Crippen LogP contribution is -2.36. The first-order chi connectivity index (χ1) is 8.37. The van der Waals surface area contributed by atoms with Gasteiger partial charge in [0.2, 0.25) is 0 Å².